The molecule has 58 valence electrons. The van der Waals surface area contributed by atoms with Crippen molar-refractivity contribution in [3.05, 3.63) is 12.7 Å². The largest absolute Gasteiger partial charge is 0.103 e. The highest BCUT2D eigenvalue weighted by atomic mass is 79.9. The van der Waals surface area contributed by atoms with Gasteiger partial charge in [-0.15, -0.1) is 6.58 Å². The second-order valence-corrected chi connectivity index (χ2v) is 4.45. The Labute approximate surface area is 71.8 Å². The second kappa shape index (κ2) is 4.17. The van der Waals surface area contributed by atoms with Crippen LogP contribution < -0.4 is 0 Å². The summed E-state index contributed by atoms with van der Waals surface area (Å²) in [5, 5.41) is 0. The Hall–Kier alpha value is 0.220. The summed E-state index contributed by atoms with van der Waals surface area (Å²) in [6, 6.07) is 0. The summed E-state index contributed by atoms with van der Waals surface area (Å²) in [5.41, 5.74) is 0. The van der Waals surface area contributed by atoms with Crippen molar-refractivity contribution in [3.8, 4) is 0 Å². The molecule has 1 fully saturated rings. The average molecular weight is 203 g/mol. The van der Waals surface area contributed by atoms with E-state index in [1.165, 1.54) is 32.1 Å². The molecule has 1 aliphatic rings. The van der Waals surface area contributed by atoms with Crippen LogP contribution in [-0.2, 0) is 0 Å². The van der Waals surface area contributed by atoms with E-state index in [9.17, 15) is 0 Å². The molecule has 10 heavy (non-hydrogen) atoms. The molecule has 1 rings (SSSR count). The lowest BCUT2D eigenvalue weighted by molar-refractivity contribution is 0.373. The topological polar surface area (TPSA) is 0 Å². The third-order valence-corrected chi connectivity index (χ3v) is 3.05. The van der Waals surface area contributed by atoms with Gasteiger partial charge in [-0.25, -0.2) is 0 Å². The van der Waals surface area contributed by atoms with Crippen LogP contribution in [0.15, 0.2) is 12.7 Å². The number of hydrogen-bond donors (Lipinski definition) is 0. The van der Waals surface area contributed by atoms with Crippen molar-refractivity contribution in [3.63, 3.8) is 0 Å². The lowest BCUT2D eigenvalue weighted by Crippen LogP contribution is -2.14. The molecule has 2 atom stereocenters. The quantitative estimate of drug-likeness (QED) is 0.475. The molecular weight excluding hydrogens is 188 g/mol. The van der Waals surface area contributed by atoms with Gasteiger partial charge in [0.1, 0.15) is 0 Å². The fourth-order valence-electron chi connectivity index (χ4n) is 1.68. The molecule has 0 nitrogen and oxygen atoms in total. The highest BCUT2D eigenvalue weighted by Gasteiger charge is 2.18. The minimum Gasteiger partial charge on any atom is -0.103 e. The van der Waals surface area contributed by atoms with E-state index in [0.29, 0.717) is 0 Å². The van der Waals surface area contributed by atoms with Crippen molar-refractivity contribution in [2.24, 2.45) is 5.92 Å². The second-order valence-electron chi connectivity index (χ2n) is 3.15. The molecule has 0 radical (unpaired) electrons. The van der Waals surface area contributed by atoms with E-state index < -0.39 is 0 Å². The molecule has 0 aromatic heterocycles. The van der Waals surface area contributed by atoms with Crippen LogP contribution in [0, 0.1) is 5.92 Å². The number of allylic oxidation sites excluding steroid dienone is 1. The molecule has 0 N–H and O–H groups in total. The Morgan fingerprint density at radius 1 is 1.50 bits per heavy atom. The third-order valence-electron chi connectivity index (χ3n) is 2.22. The van der Waals surface area contributed by atoms with Crippen LogP contribution in [0.5, 0.6) is 0 Å². The molecule has 0 bridgehead atoms. The van der Waals surface area contributed by atoms with Crippen LogP contribution in [0.1, 0.15) is 32.1 Å². The Kier molecular flexibility index (Phi) is 3.47. The van der Waals surface area contributed by atoms with E-state index in [1.807, 2.05) is 0 Å². The van der Waals surface area contributed by atoms with Crippen molar-refractivity contribution in [2.45, 2.75) is 36.9 Å². The summed E-state index contributed by atoms with van der Waals surface area (Å²) in [7, 11) is 0. The number of halogens is 1. The van der Waals surface area contributed by atoms with E-state index in [1.54, 1.807) is 0 Å². The minimum atomic E-state index is 0.784. The van der Waals surface area contributed by atoms with Gasteiger partial charge in [0.25, 0.3) is 0 Å². The van der Waals surface area contributed by atoms with E-state index in [2.05, 4.69) is 28.6 Å². The van der Waals surface area contributed by atoms with Crippen LogP contribution in [0.2, 0.25) is 0 Å². The zero-order valence-electron chi connectivity index (χ0n) is 6.35. The highest BCUT2D eigenvalue weighted by Crippen LogP contribution is 2.30. The normalized spacial score (nSPS) is 33.7. The monoisotopic (exact) mass is 202 g/mol. The van der Waals surface area contributed by atoms with E-state index in [4.69, 9.17) is 0 Å². The van der Waals surface area contributed by atoms with Crippen molar-refractivity contribution in [2.75, 3.05) is 0 Å². The van der Waals surface area contributed by atoms with Gasteiger partial charge < -0.3 is 0 Å². The first-order valence-corrected chi connectivity index (χ1v) is 4.99. The van der Waals surface area contributed by atoms with Crippen molar-refractivity contribution < 1.29 is 0 Å². The first-order valence-electron chi connectivity index (χ1n) is 4.08. The van der Waals surface area contributed by atoms with Crippen molar-refractivity contribution in [1.29, 1.82) is 0 Å². The Balaban J connectivity index is 2.24. The van der Waals surface area contributed by atoms with Gasteiger partial charge in [-0.05, 0) is 25.2 Å². The van der Waals surface area contributed by atoms with Crippen LogP contribution in [0.3, 0.4) is 0 Å². The van der Waals surface area contributed by atoms with Gasteiger partial charge in [-0.3, -0.25) is 0 Å². The van der Waals surface area contributed by atoms with E-state index in [0.717, 1.165) is 10.7 Å². The highest BCUT2D eigenvalue weighted by molar-refractivity contribution is 9.09. The van der Waals surface area contributed by atoms with Gasteiger partial charge in [0.05, 0.1) is 0 Å². The lowest BCUT2D eigenvalue weighted by Gasteiger charge is -2.24. The molecule has 0 saturated heterocycles. The first kappa shape index (κ1) is 8.32. The molecule has 0 aliphatic heterocycles. The third kappa shape index (κ3) is 2.45. The van der Waals surface area contributed by atoms with Gasteiger partial charge in [0, 0.05) is 4.83 Å². The van der Waals surface area contributed by atoms with Crippen molar-refractivity contribution >= 4 is 15.9 Å². The number of alkyl halides is 1. The first-order chi connectivity index (χ1) is 4.83. The summed E-state index contributed by atoms with van der Waals surface area (Å²) < 4.78 is 0. The standard InChI is InChI=1S/C9H15Br/c1-2-4-8-5-3-6-9(10)7-8/h2,8-9H,1,3-7H2. The number of hydrogen-bond acceptors (Lipinski definition) is 0. The van der Waals surface area contributed by atoms with Crippen LogP contribution in [0.25, 0.3) is 0 Å². The van der Waals surface area contributed by atoms with Gasteiger partial charge in [0.2, 0.25) is 0 Å². The fraction of sp³-hybridized carbons (Fsp3) is 0.778. The molecule has 1 aliphatic carbocycles. The van der Waals surface area contributed by atoms with Crippen molar-refractivity contribution in [1.82, 2.24) is 0 Å². The summed E-state index contributed by atoms with van der Waals surface area (Å²) in [6.07, 6.45) is 8.79. The van der Waals surface area contributed by atoms with Gasteiger partial charge in [-0.1, -0.05) is 34.8 Å². The van der Waals surface area contributed by atoms with Gasteiger partial charge in [0.15, 0.2) is 0 Å². The van der Waals surface area contributed by atoms with Crippen LogP contribution >= 0.6 is 15.9 Å². The molecule has 0 amide bonds. The summed E-state index contributed by atoms with van der Waals surface area (Å²) in [6.45, 7) is 3.76. The maximum absolute atomic E-state index is 3.76. The zero-order valence-corrected chi connectivity index (χ0v) is 7.94. The maximum Gasteiger partial charge on any atom is 0.0148 e. The van der Waals surface area contributed by atoms with Gasteiger partial charge in [-0.2, -0.15) is 0 Å². The molecule has 0 aromatic rings. The summed E-state index contributed by atoms with van der Waals surface area (Å²) in [5.74, 6) is 0.913. The minimum absolute atomic E-state index is 0.784. The average Bonchev–Trinajstić information content (AvgIpc) is 1.88. The molecule has 2 unspecified atom stereocenters. The molecule has 1 heteroatoms. The zero-order chi connectivity index (χ0) is 7.40. The summed E-state index contributed by atoms with van der Waals surface area (Å²) in [4.78, 5) is 0.784. The molecule has 0 heterocycles. The van der Waals surface area contributed by atoms with Crippen LogP contribution in [0.4, 0.5) is 0 Å². The predicted octanol–water partition coefficient (Wildman–Crippen LogP) is 3.52. The molecule has 0 spiro atoms. The van der Waals surface area contributed by atoms with Crippen LogP contribution in [-0.4, -0.2) is 4.83 Å². The van der Waals surface area contributed by atoms with Gasteiger partial charge >= 0.3 is 0 Å². The SMILES string of the molecule is C=CCC1CCCC(Br)C1. The molecule has 0 aromatic carbocycles. The number of rotatable bonds is 2. The Morgan fingerprint density at radius 2 is 2.30 bits per heavy atom. The smallest absolute Gasteiger partial charge is 0.0148 e. The Morgan fingerprint density at radius 3 is 2.90 bits per heavy atom. The molecule has 1 saturated carbocycles. The predicted molar refractivity (Wildman–Crippen MR) is 49.5 cm³/mol. The maximum atomic E-state index is 3.76. The fourth-order valence-corrected chi connectivity index (χ4v) is 2.53. The Bertz CT molecular complexity index is 109. The van der Waals surface area contributed by atoms with E-state index >= 15 is 0 Å². The lowest BCUT2D eigenvalue weighted by atomic mass is 9.87. The molecular formula is C9H15Br. The van der Waals surface area contributed by atoms with E-state index in [-0.39, 0.29) is 0 Å². The summed E-state index contributed by atoms with van der Waals surface area (Å²) >= 11 is 3.66.